The summed E-state index contributed by atoms with van der Waals surface area (Å²) in [5.74, 6) is 2.71. The fourth-order valence-electron chi connectivity index (χ4n) is 2.56. The third kappa shape index (κ3) is 2.57. The van der Waals surface area contributed by atoms with Gasteiger partial charge in [0.05, 0.1) is 0 Å². The zero-order valence-corrected chi connectivity index (χ0v) is 12.6. The molecule has 0 saturated heterocycles. The van der Waals surface area contributed by atoms with E-state index in [1.807, 2.05) is 11.8 Å². The van der Waals surface area contributed by atoms with Crippen molar-refractivity contribution < 1.29 is 0 Å². The molecule has 0 nitrogen and oxygen atoms in total. The van der Waals surface area contributed by atoms with E-state index in [0.29, 0.717) is 0 Å². The Balaban J connectivity index is 2.00. The van der Waals surface area contributed by atoms with Crippen molar-refractivity contribution in [1.82, 2.24) is 0 Å². The first-order valence-electron chi connectivity index (χ1n) is 6.99. The summed E-state index contributed by atoms with van der Waals surface area (Å²) in [6.07, 6.45) is 2.46. The summed E-state index contributed by atoms with van der Waals surface area (Å²) in [6.45, 7) is 6.79. The smallest absolute Gasteiger partial charge is 0.0108 e. The lowest BCUT2D eigenvalue weighted by atomic mass is 9.96. The number of rotatable bonds is 2. The second-order valence-corrected chi connectivity index (χ2v) is 6.88. The summed E-state index contributed by atoms with van der Waals surface area (Å²) in [7, 11) is 0. The molecule has 3 rings (SSSR count). The molecule has 2 aromatic carbocycles. The van der Waals surface area contributed by atoms with Crippen LogP contribution in [0.25, 0.3) is 15.7 Å². The second-order valence-electron chi connectivity index (χ2n) is 5.82. The van der Waals surface area contributed by atoms with Gasteiger partial charge in [-0.05, 0) is 41.2 Å². The van der Waals surface area contributed by atoms with Crippen LogP contribution in [0, 0.1) is 18.8 Å². The fraction of sp³-hybridized carbons (Fsp3) is 0.333. The zero-order chi connectivity index (χ0) is 13.4. The Morgan fingerprint density at radius 1 is 1.05 bits per heavy atom. The molecule has 0 fully saturated rings. The van der Waals surface area contributed by atoms with E-state index in [2.05, 4.69) is 63.2 Å². The van der Waals surface area contributed by atoms with E-state index in [1.165, 1.54) is 32.6 Å². The van der Waals surface area contributed by atoms with Crippen LogP contribution in [0.1, 0.15) is 25.0 Å². The van der Waals surface area contributed by atoms with Crippen molar-refractivity contribution in [2.45, 2.75) is 20.8 Å². The van der Waals surface area contributed by atoms with Crippen LogP contribution >= 0.6 is 11.8 Å². The van der Waals surface area contributed by atoms with Gasteiger partial charge in [0.2, 0.25) is 0 Å². The molecule has 0 aromatic heterocycles. The van der Waals surface area contributed by atoms with Gasteiger partial charge in [-0.25, -0.2) is 0 Å². The van der Waals surface area contributed by atoms with E-state index in [1.54, 1.807) is 0 Å². The van der Waals surface area contributed by atoms with Crippen LogP contribution in [0.5, 0.6) is 0 Å². The molecule has 1 heterocycles. The minimum Gasteiger partial charge on any atom is -0.125 e. The third-order valence-electron chi connectivity index (χ3n) is 3.93. The van der Waals surface area contributed by atoms with Crippen molar-refractivity contribution in [2.75, 3.05) is 5.75 Å². The minimum absolute atomic E-state index is 0.730. The lowest BCUT2D eigenvalue weighted by molar-refractivity contribution is 0.517. The van der Waals surface area contributed by atoms with Crippen LogP contribution in [0.2, 0.25) is 0 Å². The van der Waals surface area contributed by atoms with Gasteiger partial charge in [0.25, 0.3) is 0 Å². The number of aryl methyl sites for hydroxylation is 1. The molecular weight excluding hydrogens is 248 g/mol. The van der Waals surface area contributed by atoms with Gasteiger partial charge < -0.3 is 0 Å². The molecule has 1 aliphatic rings. The quantitative estimate of drug-likeness (QED) is 0.692. The molecular formula is C18H20S. The molecule has 98 valence electrons. The van der Waals surface area contributed by atoms with Crippen molar-refractivity contribution in [3.05, 3.63) is 53.6 Å². The summed E-state index contributed by atoms with van der Waals surface area (Å²) in [5, 5.41) is 2.69. The Labute approximate surface area is 119 Å². The minimum atomic E-state index is 0.730. The summed E-state index contributed by atoms with van der Waals surface area (Å²) in [6, 6.07) is 13.5. The highest BCUT2D eigenvalue weighted by Gasteiger charge is 2.20. The number of hydrogen-bond donors (Lipinski definition) is 0. The highest BCUT2D eigenvalue weighted by atomic mass is 32.2. The Bertz CT molecular complexity index is 637. The summed E-state index contributed by atoms with van der Waals surface area (Å²) in [5.41, 5.74) is 2.71. The molecule has 1 unspecified atom stereocenters. The lowest BCUT2D eigenvalue weighted by Crippen LogP contribution is -2.04. The van der Waals surface area contributed by atoms with Crippen molar-refractivity contribution in [1.29, 1.82) is 0 Å². The van der Waals surface area contributed by atoms with Crippen LogP contribution in [0.15, 0.2) is 42.5 Å². The molecule has 1 heteroatoms. The van der Waals surface area contributed by atoms with Crippen LogP contribution in [0.3, 0.4) is 0 Å². The first kappa shape index (κ1) is 12.8. The van der Waals surface area contributed by atoms with Crippen molar-refractivity contribution >= 4 is 27.4 Å². The topological polar surface area (TPSA) is 0 Å². The Morgan fingerprint density at radius 3 is 2.58 bits per heavy atom. The second kappa shape index (κ2) is 5.05. The predicted molar refractivity (Wildman–Crippen MR) is 87.4 cm³/mol. The normalized spacial score (nSPS) is 19.2. The number of allylic oxidation sites excluding steroid dienone is 1. The average Bonchev–Trinajstić information content (AvgIpc) is 2.87. The molecule has 0 spiro atoms. The maximum atomic E-state index is 2.46. The average molecular weight is 268 g/mol. The Hall–Kier alpha value is -1.21. The van der Waals surface area contributed by atoms with E-state index in [0.717, 1.165) is 11.8 Å². The van der Waals surface area contributed by atoms with Gasteiger partial charge >= 0.3 is 0 Å². The van der Waals surface area contributed by atoms with Gasteiger partial charge in [0.15, 0.2) is 0 Å². The summed E-state index contributed by atoms with van der Waals surface area (Å²) in [4.78, 5) is 1.46. The van der Waals surface area contributed by atoms with E-state index in [-0.39, 0.29) is 0 Å². The molecule has 0 radical (unpaired) electrons. The first-order valence-corrected chi connectivity index (χ1v) is 7.97. The van der Waals surface area contributed by atoms with Crippen LogP contribution in [0.4, 0.5) is 0 Å². The molecule has 1 aliphatic heterocycles. The zero-order valence-electron chi connectivity index (χ0n) is 11.8. The summed E-state index contributed by atoms with van der Waals surface area (Å²) < 4.78 is 0. The number of hydrogen-bond acceptors (Lipinski definition) is 1. The van der Waals surface area contributed by atoms with Crippen LogP contribution in [-0.4, -0.2) is 5.75 Å². The van der Waals surface area contributed by atoms with Crippen LogP contribution < -0.4 is 0 Å². The maximum absolute atomic E-state index is 2.46. The predicted octanol–water partition coefficient (Wildman–Crippen LogP) is 5.51. The largest absolute Gasteiger partial charge is 0.125 e. The van der Waals surface area contributed by atoms with E-state index < -0.39 is 0 Å². The fourth-order valence-corrected chi connectivity index (χ4v) is 3.98. The van der Waals surface area contributed by atoms with E-state index in [4.69, 9.17) is 0 Å². The van der Waals surface area contributed by atoms with Gasteiger partial charge in [0, 0.05) is 10.7 Å². The number of benzene rings is 2. The molecule has 19 heavy (non-hydrogen) atoms. The molecule has 0 N–H and O–H groups in total. The van der Waals surface area contributed by atoms with Gasteiger partial charge in [-0.15, -0.1) is 11.8 Å². The van der Waals surface area contributed by atoms with E-state index in [9.17, 15) is 0 Å². The molecule has 0 bridgehead atoms. The molecule has 0 amide bonds. The molecule has 0 aliphatic carbocycles. The highest BCUT2D eigenvalue weighted by molar-refractivity contribution is 8.08. The van der Waals surface area contributed by atoms with Crippen LogP contribution in [-0.2, 0) is 0 Å². The summed E-state index contributed by atoms with van der Waals surface area (Å²) >= 11 is 2.01. The van der Waals surface area contributed by atoms with Crippen molar-refractivity contribution in [3.8, 4) is 0 Å². The first-order chi connectivity index (χ1) is 9.13. The number of fused-ring (bicyclic) bond motifs is 1. The third-order valence-corrected chi connectivity index (χ3v) is 5.17. The van der Waals surface area contributed by atoms with Crippen molar-refractivity contribution in [2.24, 2.45) is 11.8 Å². The highest BCUT2D eigenvalue weighted by Crippen LogP contribution is 2.40. The van der Waals surface area contributed by atoms with E-state index >= 15 is 0 Å². The molecule has 2 aromatic rings. The molecule has 1 atom stereocenters. The maximum Gasteiger partial charge on any atom is 0.0108 e. The van der Waals surface area contributed by atoms with Gasteiger partial charge in [-0.2, -0.15) is 0 Å². The standard InChI is InChI=1S/C18H20S/c1-12(2)17-10-18(19-11-17)15-7-6-14-5-4-13(3)8-16(14)9-15/h4-10,12,17H,11H2,1-3H3. The van der Waals surface area contributed by atoms with Crippen molar-refractivity contribution in [3.63, 3.8) is 0 Å². The Kier molecular flexibility index (Phi) is 3.40. The monoisotopic (exact) mass is 268 g/mol. The molecule has 0 saturated carbocycles. The van der Waals surface area contributed by atoms with Gasteiger partial charge in [-0.3, -0.25) is 0 Å². The number of thioether (sulfide) groups is 1. The SMILES string of the molecule is Cc1ccc2ccc(C3=CC(C(C)C)CS3)cc2c1. The van der Waals surface area contributed by atoms with Gasteiger partial charge in [0.1, 0.15) is 0 Å². The van der Waals surface area contributed by atoms with Gasteiger partial charge in [-0.1, -0.05) is 55.8 Å². The lowest BCUT2D eigenvalue weighted by Gasteiger charge is -2.09. The Morgan fingerprint density at radius 2 is 1.84 bits per heavy atom.